The summed E-state index contributed by atoms with van der Waals surface area (Å²) in [5, 5.41) is 4.83. The molecule has 3 N–H and O–H groups in total. The van der Waals surface area contributed by atoms with Crippen LogP contribution in [0.3, 0.4) is 0 Å². The smallest absolute Gasteiger partial charge is 0.279 e. The van der Waals surface area contributed by atoms with E-state index in [1.165, 1.54) is 12.1 Å². The van der Waals surface area contributed by atoms with Crippen molar-refractivity contribution in [3.63, 3.8) is 0 Å². The molecule has 0 radical (unpaired) electrons. The molecule has 0 spiro atoms. The quantitative estimate of drug-likeness (QED) is 0.845. The maximum absolute atomic E-state index is 13.1. The molecule has 0 saturated heterocycles. The Labute approximate surface area is 146 Å². The third-order valence-electron chi connectivity index (χ3n) is 4.19. The Hall–Kier alpha value is -2.60. The number of rotatable bonds is 6. The van der Waals surface area contributed by atoms with Gasteiger partial charge in [-0.15, -0.1) is 0 Å². The molecule has 0 aliphatic carbocycles. The number of hydrogen-bond donors (Lipinski definition) is 2. The summed E-state index contributed by atoms with van der Waals surface area (Å²) in [5.41, 5.74) is 1.68. The third-order valence-corrected chi connectivity index (χ3v) is 4.19. The van der Waals surface area contributed by atoms with E-state index in [1.54, 1.807) is 30.3 Å². The van der Waals surface area contributed by atoms with Crippen molar-refractivity contribution < 1.29 is 24.0 Å². The third kappa shape index (κ3) is 4.28. The summed E-state index contributed by atoms with van der Waals surface area (Å²) in [6, 6.07) is 11.8. The highest BCUT2D eigenvalue weighted by Crippen LogP contribution is 2.34. The van der Waals surface area contributed by atoms with Gasteiger partial charge < -0.3 is 20.1 Å². The van der Waals surface area contributed by atoms with Gasteiger partial charge in [0.15, 0.2) is 18.0 Å². The zero-order valence-electron chi connectivity index (χ0n) is 14.3. The molecular formula is C19H22FN2O3+. The van der Waals surface area contributed by atoms with E-state index in [0.29, 0.717) is 23.1 Å². The fourth-order valence-electron chi connectivity index (χ4n) is 2.90. The van der Waals surface area contributed by atoms with E-state index in [-0.39, 0.29) is 31.1 Å². The number of anilines is 1. The van der Waals surface area contributed by atoms with Crippen molar-refractivity contribution in [2.75, 3.05) is 18.7 Å². The molecule has 2 aromatic rings. The monoisotopic (exact) mass is 345 g/mol. The number of halogens is 1. The number of quaternary nitrogens is 1. The minimum absolute atomic E-state index is 0.0862. The molecule has 3 rings (SSSR count). The van der Waals surface area contributed by atoms with Crippen LogP contribution in [0.25, 0.3) is 0 Å². The van der Waals surface area contributed by atoms with Gasteiger partial charge in [0.25, 0.3) is 5.91 Å². The molecule has 1 aliphatic heterocycles. The van der Waals surface area contributed by atoms with E-state index in [4.69, 9.17) is 9.47 Å². The first-order valence-electron chi connectivity index (χ1n) is 8.31. The van der Waals surface area contributed by atoms with Gasteiger partial charge in [0.2, 0.25) is 6.79 Å². The Bertz CT molecular complexity index is 747. The van der Waals surface area contributed by atoms with Gasteiger partial charge in [0.1, 0.15) is 11.9 Å². The van der Waals surface area contributed by atoms with Crippen LogP contribution in [-0.2, 0) is 4.79 Å². The van der Waals surface area contributed by atoms with Crippen LogP contribution < -0.4 is 20.1 Å². The predicted molar refractivity (Wildman–Crippen MR) is 92.0 cm³/mol. The number of ether oxygens (including phenoxy) is 2. The Balaban J connectivity index is 1.59. The molecule has 2 aromatic carbocycles. The van der Waals surface area contributed by atoms with E-state index >= 15 is 0 Å². The van der Waals surface area contributed by atoms with Crippen molar-refractivity contribution in [3.8, 4) is 11.5 Å². The number of fused-ring (bicyclic) bond motifs is 1. The molecule has 5 nitrogen and oxygen atoms in total. The molecule has 0 saturated carbocycles. The topological polar surface area (TPSA) is 64.2 Å². The lowest BCUT2D eigenvalue weighted by Gasteiger charge is -2.19. The van der Waals surface area contributed by atoms with Crippen LogP contribution in [-0.4, -0.2) is 19.2 Å². The number of carbonyl (C=O) groups is 1. The summed E-state index contributed by atoms with van der Waals surface area (Å²) in [6.07, 6.45) is 0. The Morgan fingerprint density at radius 2 is 1.88 bits per heavy atom. The van der Waals surface area contributed by atoms with Crippen molar-refractivity contribution in [2.24, 2.45) is 5.92 Å². The highest BCUT2D eigenvalue weighted by molar-refractivity contribution is 5.91. The van der Waals surface area contributed by atoms with E-state index < -0.39 is 0 Å². The Morgan fingerprint density at radius 3 is 2.60 bits per heavy atom. The molecule has 1 amide bonds. The first-order valence-corrected chi connectivity index (χ1v) is 8.31. The van der Waals surface area contributed by atoms with Crippen LogP contribution in [0.5, 0.6) is 11.5 Å². The van der Waals surface area contributed by atoms with Crippen molar-refractivity contribution in [2.45, 2.75) is 19.9 Å². The van der Waals surface area contributed by atoms with Crippen LogP contribution in [0.1, 0.15) is 25.5 Å². The molecule has 132 valence electrons. The SMILES string of the molecule is CC(C)[C@H]([NH2+]CC(=O)Nc1ccc2c(c1)OCO2)c1ccc(F)cc1. The number of nitrogens with one attached hydrogen (secondary N) is 1. The molecule has 1 heterocycles. The van der Waals surface area contributed by atoms with E-state index in [2.05, 4.69) is 19.2 Å². The van der Waals surface area contributed by atoms with Crippen LogP contribution >= 0.6 is 0 Å². The van der Waals surface area contributed by atoms with Gasteiger partial charge in [-0.25, -0.2) is 4.39 Å². The van der Waals surface area contributed by atoms with Crippen molar-refractivity contribution in [1.82, 2.24) is 0 Å². The normalized spacial score (nSPS) is 13.8. The fourth-order valence-corrected chi connectivity index (χ4v) is 2.90. The summed E-state index contributed by atoms with van der Waals surface area (Å²) >= 11 is 0. The maximum atomic E-state index is 13.1. The number of hydrogen-bond acceptors (Lipinski definition) is 3. The zero-order valence-corrected chi connectivity index (χ0v) is 14.3. The van der Waals surface area contributed by atoms with Crippen molar-refractivity contribution in [3.05, 3.63) is 53.8 Å². The highest BCUT2D eigenvalue weighted by atomic mass is 19.1. The molecule has 6 heteroatoms. The lowest BCUT2D eigenvalue weighted by atomic mass is 9.96. The minimum atomic E-state index is -0.258. The van der Waals surface area contributed by atoms with Crippen LogP contribution in [0.15, 0.2) is 42.5 Å². The fraction of sp³-hybridized carbons (Fsp3) is 0.316. The second-order valence-electron chi connectivity index (χ2n) is 6.38. The summed E-state index contributed by atoms with van der Waals surface area (Å²) in [4.78, 5) is 12.3. The van der Waals surface area contributed by atoms with Crippen molar-refractivity contribution >= 4 is 11.6 Å². The first-order chi connectivity index (χ1) is 12.0. The van der Waals surface area contributed by atoms with Gasteiger partial charge in [0, 0.05) is 23.2 Å². The van der Waals surface area contributed by atoms with Crippen molar-refractivity contribution in [1.29, 1.82) is 0 Å². The van der Waals surface area contributed by atoms with E-state index in [1.807, 2.05) is 5.32 Å². The Morgan fingerprint density at radius 1 is 1.16 bits per heavy atom. The van der Waals surface area contributed by atoms with Crippen LogP contribution in [0.2, 0.25) is 0 Å². The van der Waals surface area contributed by atoms with Gasteiger partial charge in [-0.3, -0.25) is 4.79 Å². The average molecular weight is 345 g/mol. The molecule has 0 bridgehead atoms. The maximum Gasteiger partial charge on any atom is 0.279 e. The van der Waals surface area contributed by atoms with E-state index in [9.17, 15) is 9.18 Å². The number of nitrogens with two attached hydrogens (primary N) is 1. The summed E-state index contributed by atoms with van der Waals surface area (Å²) in [7, 11) is 0. The van der Waals surface area contributed by atoms with Crippen LogP contribution in [0.4, 0.5) is 10.1 Å². The largest absolute Gasteiger partial charge is 0.454 e. The standard InChI is InChI=1S/C19H21FN2O3/c1-12(2)19(13-3-5-14(20)6-4-13)21-10-18(23)22-15-7-8-16-17(9-15)25-11-24-16/h3-9,12,19,21H,10-11H2,1-2H3,(H,22,23)/p+1/t19-/m0/s1. The predicted octanol–water partition coefficient (Wildman–Crippen LogP) is 2.45. The molecule has 25 heavy (non-hydrogen) atoms. The number of amides is 1. The molecule has 0 aromatic heterocycles. The molecule has 1 atom stereocenters. The Kier molecular flexibility index (Phi) is 5.19. The van der Waals surface area contributed by atoms with Gasteiger partial charge in [0.05, 0.1) is 0 Å². The molecule has 0 fully saturated rings. The van der Waals surface area contributed by atoms with Gasteiger partial charge in [-0.1, -0.05) is 26.0 Å². The lowest BCUT2D eigenvalue weighted by molar-refractivity contribution is -0.692. The number of carbonyl (C=O) groups excluding carboxylic acids is 1. The van der Waals surface area contributed by atoms with Gasteiger partial charge in [-0.2, -0.15) is 0 Å². The second-order valence-corrected chi connectivity index (χ2v) is 6.38. The lowest BCUT2D eigenvalue weighted by Crippen LogP contribution is -2.88. The summed E-state index contributed by atoms with van der Waals surface area (Å²) in [6.45, 7) is 4.64. The summed E-state index contributed by atoms with van der Waals surface area (Å²) < 4.78 is 23.7. The molecule has 0 unspecified atom stereocenters. The van der Waals surface area contributed by atoms with E-state index in [0.717, 1.165) is 5.56 Å². The summed E-state index contributed by atoms with van der Waals surface area (Å²) in [5.74, 6) is 1.26. The highest BCUT2D eigenvalue weighted by Gasteiger charge is 2.21. The molecule has 1 aliphatic rings. The second kappa shape index (κ2) is 7.53. The zero-order chi connectivity index (χ0) is 17.8. The molecular weight excluding hydrogens is 323 g/mol. The number of benzene rings is 2. The first kappa shape index (κ1) is 17.2. The van der Waals surface area contributed by atoms with Gasteiger partial charge >= 0.3 is 0 Å². The van der Waals surface area contributed by atoms with Crippen LogP contribution in [0, 0.1) is 11.7 Å². The van der Waals surface area contributed by atoms with Gasteiger partial charge in [-0.05, 0) is 24.3 Å². The average Bonchev–Trinajstić information content (AvgIpc) is 3.04. The minimum Gasteiger partial charge on any atom is -0.454 e.